The lowest BCUT2D eigenvalue weighted by molar-refractivity contribution is 0.0944. The number of carbonyl (C=O) groups excluding carboxylic acids is 2. The summed E-state index contributed by atoms with van der Waals surface area (Å²) in [5, 5.41) is 10.4. The SMILES string of the molecule is Cc1cc(C(=O)Nc2c(C)cc(N)cc2C(=O)NC(C)C)n(-c2ncccc2Cl)n1. The van der Waals surface area contributed by atoms with Crippen molar-refractivity contribution in [3.05, 3.63) is 64.1 Å². The Balaban J connectivity index is 2.02. The van der Waals surface area contributed by atoms with E-state index in [-0.39, 0.29) is 23.2 Å². The van der Waals surface area contributed by atoms with Crippen LogP contribution in [0.2, 0.25) is 5.02 Å². The number of aromatic nitrogens is 3. The van der Waals surface area contributed by atoms with Crippen LogP contribution in [0.4, 0.5) is 11.4 Å². The van der Waals surface area contributed by atoms with Crippen molar-refractivity contribution >= 4 is 34.8 Å². The number of rotatable bonds is 5. The molecule has 1 aromatic carbocycles. The minimum Gasteiger partial charge on any atom is -0.399 e. The minimum atomic E-state index is -0.455. The number of hydrogen-bond acceptors (Lipinski definition) is 5. The van der Waals surface area contributed by atoms with E-state index in [0.29, 0.717) is 33.5 Å². The van der Waals surface area contributed by atoms with Crippen molar-refractivity contribution in [2.75, 3.05) is 11.1 Å². The molecule has 0 spiro atoms. The quantitative estimate of drug-likeness (QED) is 0.540. The Hall–Kier alpha value is -3.39. The van der Waals surface area contributed by atoms with Crippen LogP contribution in [0.3, 0.4) is 0 Å². The Kier molecular flexibility index (Phi) is 6.07. The van der Waals surface area contributed by atoms with Crippen molar-refractivity contribution in [3.8, 4) is 5.82 Å². The van der Waals surface area contributed by atoms with Crippen molar-refractivity contribution in [1.82, 2.24) is 20.1 Å². The van der Waals surface area contributed by atoms with Gasteiger partial charge in [0.25, 0.3) is 11.8 Å². The number of halogens is 1. The summed E-state index contributed by atoms with van der Waals surface area (Å²) in [5.41, 5.74) is 8.54. The van der Waals surface area contributed by atoms with Gasteiger partial charge in [-0.05, 0) is 63.6 Å². The molecule has 0 radical (unpaired) electrons. The molecule has 2 aromatic heterocycles. The van der Waals surface area contributed by atoms with E-state index in [1.165, 1.54) is 4.68 Å². The van der Waals surface area contributed by atoms with Crippen LogP contribution in [0.1, 0.15) is 46.0 Å². The van der Waals surface area contributed by atoms with E-state index in [0.717, 1.165) is 0 Å². The fourth-order valence-electron chi connectivity index (χ4n) is 3.03. The van der Waals surface area contributed by atoms with E-state index in [2.05, 4.69) is 20.7 Å². The van der Waals surface area contributed by atoms with Gasteiger partial charge in [0, 0.05) is 17.9 Å². The third kappa shape index (κ3) is 4.44. The standard InChI is InChI=1S/C21H23ClN6O2/c1-11(2)25-20(29)15-10-14(23)8-12(3)18(15)26-21(30)17-9-13(4)27-28(17)19-16(22)6-5-7-24-19/h5-11H,23H2,1-4H3,(H,25,29)(H,26,30). The van der Waals surface area contributed by atoms with Crippen LogP contribution < -0.4 is 16.4 Å². The molecule has 3 aromatic rings. The summed E-state index contributed by atoms with van der Waals surface area (Å²) in [6.07, 6.45) is 1.57. The summed E-state index contributed by atoms with van der Waals surface area (Å²) in [4.78, 5) is 30.1. The molecule has 2 amide bonds. The zero-order chi connectivity index (χ0) is 22.0. The smallest absolute Gasteiger partial charge is 0.274 e. The highest BCUT2D eigenvalue weighted by molar-refractivity contribution is 6.32. The van der Waals surface area contributed by atoms with Crippen molar-refractivity contribution < 1.29 is 9.59 Å². The number of aryl methyl sites for hydroxylation is 2. The summed E-state index contributed by atoms with van der Waals surface area (Å²) in [6.45, 7) is 7.25. The summed E-state index contributed by atoms with van der Waals surface area (Å²) in [6, 6.07) is 8.15. The lowest BCUT2D eigenvalue weighted by Gasteiger charge is -2.16. The van der Waals surface area contributed by atoms with Gasteiger partial charge in [-0.3, -0.25) is 9.59 Å². The number of hydrogen-bond donors (Lipinski definition) is 3. The maximum Gasteiger partial charge on any atom is 0.274 e. The zero-order valence-electron chi connectivity index (χ0n) is 17.2. The van der Waals surface area contributed by atoms with Gasteiger partial charge < -0.3 is 16.4 Å². The van der Waals surface area contributed by atoms with Crippen LogP contribution in [0, 0.1) is 13.8 Å². The minimum absolute atomic E-state index is 0.0711. The first-order chi connectivity index (χ1) is 14.2. The van der Waals surface area contributed by atoms with Crippen LogP contribution in [0.15, 0.2) is 36.5 Å². The molecule has 0 aliphatic heterocycles. The summed E-state index contributed by atoms with van der Waals surface area (Å²) < 4.78 is 1.38. The number of carbonyl (C=O) groups is 2. The molecule has 30 heavy (non-hydrogen) atoms. The Morgan fingerprint density at radius 3 is 2.57 bits per heavy atom. The van der Waals surface area contributed by atoms with Gasteiger partial charge in [0.15, 0.2) is 5.82 Å². The fourth-order valence-corrected chi connectivity index (χ4v) is 3.24. The lowest BCUT2D eigenvalue weighted by atomic mass is 10.0. The Morgan fingerprint density at radius 1 is 1.17 bits per heavy atom. The first-order valence-electron chi connectivity index (χ1n) is 9.37. The van der Waals surface area contributed by atoms with Crippen LogP contribution in [0.25, 0.3) is 5.82 Å². The molecule has 0 aliphatic rings. The molecule has 0 saturated heterocycles. The molecule has 2 heterocycles. The number of nitrogens with one attached hydrogen (secondary N) is 2. The number of benzene rings is 1. The fraction of sp³-hybridized carbons (Fsp3) is 0.238. The molecular formula is C21H23ClN6O2. The molecule has 3 rings (SSSR count). The second-order valence-corrected chi connectivity index (χ2v) is 7.64. The van der Waals surface area contributed by atoms with Crippen LogP contribution in [0.5, 0.6) is 0 Å². The van der Waals surface area contributed by atoms with Gasteiger partial charge in [-0.25, -0.2) is 9.67 Å². The highest BCUT2D eigenvalue weighted by Crippen LogP contribution is 2.26. The van der Waals surface area contributed by atoms with E-state index in [1.807, 2.05) is 13.8 Å². The first-order valence-corrected chi connectivity index (χ1v) is 9.75. The van der Waals surface area contributed by atoms with Crippen LogP contribution in [-0.4, -0.2) is 32.6 Å². The van der Waals surface area contributed by atoms with Gasteiger partial charge in [-0.2, -0.15) is 5.10 Å². The molecule has 0 bridgehead atoms. The largest absolute Gasteiger partial charge is 0.399 e. The van der Waals surface area contributed by atoms with E-state index < -0.39 is 5.91 Å². The molecule has 0 aliphatic carbocycles. The van der Waals surface area contributed by atoms with E-state index >= 15 is 0 Å². The first kappa shape index (κ1) is 21.3. The molecule has 8 nitrogen and oxygen atoms in total. The molecule has 0 saturated carbocycles. The molecule has 0 atom stereocenters. The topological polar surface area (TPSA) is 115 Å². The Morgan fingerprint density at radius 2 is 1.90 bits per heavy atom. The maximum absolute atomic E-state index is 13.2. The molecule has 4 N–H and O–H groups in total. The average Bonchev–Trinajstić information content (AvgIpc) is 3.05. The van der Waals surface area contributed by atoms with Crippen LogP contribution >= 0.6 is 11.6 Å². The van der Waals surface area contributed by atoms with Gasteiger partial charge in [0.1, 0.15) is 5.69 Å². The zero-order valence-corrected chi connectivity index (χ0v) is 17.9. The molecule has 0 unspecified atom stereocenters. The van der Waals surface area contributed by atoms with Gasteiger partial charge >= 0.3 is 0 Å². The van der Waals surface area contributed by atoms with Crippen LogP contribution in [-0.2, 0) is 0 Å². The lowest BCUT2D eigenvalue weighted by Crippen LogP contribution is -2.31. The van der Waals surface area contributed by atoms with Crippen molar-refractivity contribution in [2.24, 2.45) is 0 Å². The number of amides is 2. The summed E-state index contributed by atoms with van der Waals surface area (Å²) in [7, 11) is 0. The van der Waals surface area contributed by atoms with Gasteiger partial charge in [-0.15, -0.1) is 0 Å². The molecule has 156 valence electrons. The van der Waals surface area contributed by atoms with E-state index in [1.54, 1.807) is 50.4 Å². The Bertz CT molecular complexity index is 1120. The normalized spacial score (nSPS) is 10.9. The highest BCUT2D eigenvalue weighted by atomic mass is 35.5. The predicted octanol–water partition coefficient (Wildman–Crippen LogP) is 3.51. The third-order valence-corrected chi connectivity index (χ3v) is 4.56. The van der Waals surface area contributed by atoms with Gasteiger partial charge in [-0.1, -0.05) is 11.6 Å². The second kappa shape index (κ2) is 8.54. The summed E-state index contributed by atoms with van der Waals surface area (Å²) >= 11 is 6.24. The molecule has 9 heteroatoms. The van der Waals surface area contributed by atoms with Gasteiger partial charge in [0.05, 0.1) is 22.0 Å². The van der Waals surface area contributed by atoms with E-state index in [4.69, 9.17) is 17.3 Å². The second-order valence-electron chi connectivity index (χ2n) is 7.23. The average molecular weight is 427 g/mol. The van der Waals surface area contributed by atoms with Crippen molar-refractivity contribution in [1.29, 1.82) is 0 Å². The van der Waals surface area contributed by atoms with E-state index in [9.17, 15) is 9.59 Å². The molecule has 0 fully saturated rings. The number of nitrogen functional groups attached to an aromatic ring is 1. The summed E-state index contributed by atoms with van der Waals surface area (Å²) in [5.74, 6) is -0.443. The number of pyridine rings is 1. The number of nitrogens with zero attached hydrogens (tertiary/aromatic N) is 3. The predicted molar refractivity (Wildman–Crippen MR) is 117 cm³/mol. The van der Waals surface area contributed by atoms with Gasteiger partial charge in [0.2, 0.25) is 0 Å². The van der Waals surface area contributed by atoms with Crippen molar-refractivity contribution in [3.63, 3.8) is 0 Å². The Labute approximate surface area is 179 Å². The maximum atomic E-state index is 13.2. The van der Waals surface area contributed by atoms with Crippen molar-refractivity contribution in [2.45, 2.75) is 33.7 Å². The monoisotopic (exact) mass is 426 g/mol. The third-order valence-electron chi connectivity index (χ3n) is 4.26. The number of nitrogens with two attached hydrogens (primary N) is 1. The highest BCUT2D eigenvalue weighted by Gasteiger charge is 2.22. The number of anilines is 2. The molecular weight excluding hydrogens is 404 g/mol.